The van der Waals surface area contributed by atoms with Gasteiger partial charge in [0.1, 0.15) is 17.2 Å². The lowest BCUT2D eigenvalue weighted by Crippen LogP contribution is -2.28. The van der Waals surface area contributed by atoms with E-state index in [4.69, 9.17) is 19.3 Å². The highest BCUT2D eigenvalue weighted by molar-refractivity contribution is 5.91. The maximum atomic E-state index is 12.3. The van der Waals surface area contributed by atoms with Gasteiger partial charge in [0.2, 0.25) is 0 Å². The van der Waals surface area contributed by atoms with Gasteiger partial charge in [-0.2, -0.15) is 0 Å². The molecule has 0 radical (unpaired) electrons. The van der Waals surface area contributed by atoms with Crippen LogP contribution in [0.2, 0.25) is 0 Å². The summed E-state index contributed by atoms with van der Waals surface area (Å²) in [6.07, 6.45) is 1.34. The van der Waals surface area contributed by atoms with Gasteiger partial charge in [0.25, 0.3) is 0 Å². The third-order valence-electron chi connectivity index (χ3n) is 4.51. The number of hydrogen-bond acceptors (Lipinski definition) is 8. The van der Waals surface area contributed by atoms with E-state index in [9.17, 15) is 19.7 Å². The summed E-state index contributed by atoms with van der Waals surface area (Å²) < 4.78 is 15.8. The van der Waals surface area contributed by atoms with Crippen molar-refractivity contribution in [2.45, 2.75) is 6.54 Å². The number of anilines is 1. The number of pyridine rings is 1. The van der Waals surface area contributed by atoms with E-state index in [-0.39, 0.29) is 35.1 Å². The Balaban J connectivity index is 1.61. The Hall–Kier alpha value is -4.87. The fraction of sp³-hybridized carbons (Fsp3) is 0.136. The maximum absolute atomic E-state index is 12.3. The van der Waals surface area contributed by atoms with Gasteiger partial charge in [0, 0.05) is 24.9 Å². The fourth-order valence-electron chi connectivity index (χ4n) is 2.87. The maximum Gasteiger partial charge on any atom is 0.354 e. The Bertz CT molecular complexity index is 1210. The van der Waals surface area contributed by atoms with E-state index in [0.717, 1.165) is 11.6 Å². The highest BCUT2D eigenvalue weighted by atomic mass is 16.6. The van der Waals surface area contributed by atoms with Gasteiger partial charge in [-0.3, -0.25) is 10.1 Å². The molecule has 1 heterocycles. The molecule has 3 aromatic rings. The van der Waals surface area contributed by atoms with Gasteiger partial charge in [-0.1, -0.05) is 12.1 Å². The van der Waals surface area contributed by atoms with Gasteiger partial charge in [-0.15, -0.1) is 0 Å². The normalized spacial score (nSPS) is 10.2. The molecule has 2 amide bonds. The smallest absolute Gasteiger partial charge is 0.354 e. The molecular weight excluding hydrogens is 448 g/mol. The van der Waals surface area contributed by atoms with Gasteiger partial charge in [-0.05, 0) is 23.8 Å². The van der Waals surface area contributed by atoms with Crippen LogP contribution in [0.4, 0.5) is 16.2 Å². The molecule has 0 saturated heterocycles. The number of nitrogens with zero attached hydrogens (tertiary/aromatic N) is 2. The van der Waals surface area contributed by atoms with Crippen molar-refractivity contribution in [2.24, 2.45) is 0 Å². The predicted octanol–water partition coefficient (Wildman–Crippen LogP) is 3.82. The van der Waals surface area contributed by atoms with E-state index in [1.807, 2.05) is 0 Å². The number of nitro benzene ring substituents is 1. The first-order valence-corrected chi connectivity index (χ1v) is 9.72. The minimum Gasteiger partial charge on any atom is -0.494 e. The number of nitrogens with one attached hydrogen (secondary N) is 2. The summed E-state index contributed by atoms with van der Waals surface area (Å²) in [4.78, 5) is 37.6. The Morgan fingerprint density at radius 1 is 1.03 bits per heavy atom. The molecule has 3 N–H and O–H groups in total. The molecule has 0 aliphatic carbocycles. The van der Waals surface area contributed by atoms with Crippen LogP contribution in [0, 0.1) is 10.1 Å². The first-order chi connectivity index (χ1) is 16.3. The molecule has 0 atom stereocenters. The number of nitro groups is 1. The van der Waals surface area contributed by atoms with Crippen LogP contribution >= 0.6 is 0 Å². The number of rotatable bonds is 9. The number of carbonyl (C=O) groups is 2. The third kappa shape index (κ3) is 5.88. The number of benzene rings is 2. The molecule has 1 aromatic heterocycles. The fourth-order valence-corrected chi connectivity index (χ4v) is 2.87. The molecule has 34 heavy (non-hydrogen) atoms. The number of carboxylic acid groups (broad SMARTS) is 1. The Morgan fingerprint density at radius 3 is 2.35 bits per heavy atom. The number of carboxylic acids is 1. The summed E-state index contributed by atoms with van der Waals surface area (Å²) in [6.45, 7) is 0.178. The standard InChI is InChI=1S/C22H20N4O8/c1-32-19-11-18(26(30)31)20(33-2)10-16(19)25-22(29)24-12-13-3-5-14(6-4-13)34-15-7-8-23-17(9-15)21(27)28/h3-11H,12H2,1-2H3,(H,27,28)(H2,24,25,29). The van der Waals surface area contributed by atoms with Crippen molar-refractivity contribution < 1.29 is 33.8 Å². The number of ether oxygens (including phenoxy) is 3. The molecule has 0 fully saturated rings. The van der Waals surface area contributed by atoms with Gasteiger partial charge >= 0.3 is 17.7 Å². The second-order valence-electron chi connectivity index (χ2n) is 6.72. The van der Waals surface area contributed by atoms with Gasteiger partial charge in [-0.25, -0.2) is 14.6 Å². The topological polar surface area (TPSA) is 162 Å². The molecule has 12 nitrogen and oxygen atoms in total. The number of aromatic nitrogens is 1. The highest BCUT2D eigenvalue weighted by Crippen LogP contribution is 2.37. The van der Waals surface area contributed by atoms with E-state index in [1.54, 1.807) is 24.3 Å². The number of urea groups is 1. The molecule has 2 aromatic carbocycles. The van der Waals surface area contributed by atoms with E-state index in [2.05, 4.69) is 15.6 Å². The summed E-state index contributed by atoms with van der Waals surface area (Å²) in [5.41, 5.74) is 0.533. The lowest BCUT2D eigenvalue weighted by atomic mass is 10.2. The van der Waals surface area contributed by atoms with Crippen molar-refractivity contribution in [3.8, 4) is 23.0 Å². The zero-order valence-corrected chi connectivity index (χ0v) is 18.1. The van der Waals surface area contributed by atoms with E-state index >= 15 is 0 Å². The number of methoxy groups -OCH3 is 2. The first kappa shape index (κ1) is 23.8. The lowest BCUT2D eigenvalue weighted by molar-refractivity contribution is -0.385. The number of carbonyl (C=O) groups excluding carboxylic acids is 1. The van der Waals surface area contributed by atoms with Gasteiger partial charge in [0.05, 0.1) is 30.9 Å². The largest absolute Gasteiger partial charge is 0.494 e. The molecule has 0 bridgehead atoms. The Morgan fingerprint density at radius 2 is 1.74 bits per heavy atom. The van der Waals surface area contributed by atoms with Gasteiger partial charge < -0.3 is 30.0 Å². The average Bonchev–Trinajstić information content (AvgIpc) is 2.83. The molecule has 0 saturated carbocycles. The summed E-state index contributed by atoms with van der Waals surface area (Å²) in [5, 5.41) is 25.4. The quantitative estimate of drug-likeness (QED) is 0.313. The third-order valence-corrected chi connectivity index (χ3v) is 4.51. The van der Waals surface area contributed by atoms with Gasteiger partial charge in [0.15, 0.2) is 11.4 Å². The summed E-state index contributed by atoms with van der Waals surface area (Å²) in [5.74, 6) is -0.286. The van der Waals surface area contributed by atoms with Crippen LogP contribution in [0.25, 0.3) is 0 Å². The molecule has 176 valence electrons. The highest BCUT2D eigenvalue weighted by Gasteiger charge is 2.20. The van der Waals surface area contributed by atoms with Crippen molar-refractivity contribution in [3.63, 3.8) is 0 Å². The minimum atomic E-state index is -1.16. The van der Waals surface area contributed by atoms with E-state index < -0.39 is 16.9 Å². The minimum absolute atomic E-state index is 0.0265. The first-order valence-electron chi connectivity index (χ1n) is 9.72. The Labute approximate surface area is 193 Å². The molecule has 0 spiro atoms. The summed E-state index contributed by atoms with van der Waals surface area (Å²) >= 11 is 0. The number of hydrogen-bond donors (Lipinski definition) is 3. The second-order valence-corrected chi connectivity index (χ2v) is 6.72. The van der Waals surface area contributed by atoms with Crippen LogP contribution in [0.5, 0.6) is 23.0 Å². The Kier molecular flexibility index (Phi) is 7.44. The number of aromatic carboxylic acids is 1. The predicted molar refractivity (Wildman–Crippen MR) is 120 cm³/mol. The van der Waals surface area contributed by atoms with Crippen LogP contribution in [-0.2, 0) is 6.54 Å². The van der Waals surface area contributed by atoms with Crippen LogP contribution in [0.3, 0.4) is 0 Å². The summed E-state index contributed by atoms with van der Waals surface area (Å²) in [7, 11) is 2.61. The zero-order valence-electron chi connectivity index (χ0n) is 18.1. The van der Waals surface area contributed by atoms with Crippen molar-refractivity contribution in [1.29, 1.82) is 0 Å². The van der Waals surface area contributed by atoms with E-state index in [1.165, 1.54) is 38.6 Å². The average molecular weight is 468 g/mol. The van der Waals surface area contributed by atoms with Crippen LogP contribution < -0.4 is 24.8 Å². The molecule has 12 heteroatoms. The lowest BCUT2D eigenvalue weighted by Gasteiger charge is -2.13. The molecule has 0 unspecified atom stereocenters. The van der Waals surface area contributed by atoms with Crippen molar-refractivity contribution in [3.05, 3.63) is 76.1 Å². The molecular formula is C22H20N4O8. The van der Waals surface area contributed by atoms with Crippen LogP contribution in [0.1, 0.15) is 16.1 Å². The second kappa shape index (κ2) is 10.6. The van der Waals surface area contributed by atoms with Crippen molar-refractivity contribution in [2.75, 3.05) is 19.5 Å². The zero-order chi connectivity index (χ0) is 24.7. The van der Waals surface area contributed by atoms with Crippen LogP contribution in [-0.4, -0.2) is 41.2 Å². The SMILES string of the molecule is COc1cc([N+](=O)[O-])c(OC)cc1NC(=O)NCc1ccc(Oc2ccnc(C(=O)O)c2)cc1. The van der Waals surface area contributed by atoms with Crippen molar-refractivity contribution in [1.82, 2.24) is 10.3 Å². The summed E-state index contributed by atoms with van der Waals surface area (Å²) in [6, 6.07) is 11.5. The molecule has 3 rings (SSSR count). The molecule has 0 aliphatic rings. The monoisotopic (exact) mass is 468 g/mol. The van der Waals surface area contributed by atoms with Crippen LogP contribution in [0.15, 0.2) is 54.7 Å². The number of amides is 2. The van der Waals surface area contributed by atoms with E-state index in [0.29, 0.717) is 11.5 Å². The molecule has 0 aliphatic heterocycles. The van der Waals surface area contributed by atoms with Crippen molar-refractivity contribution >= 4 is 23.4 Å².